The quantitative estimate of drug-likeness (QED) is 0.758. The lowest BCUT2D eigenvalue weighted by molar-refractivity contribution is 0.0660. The van der Waals surface area contributed by atoms with Crippen LogP contribution in [0.15, 0.2) is 46.9 Å². The molecule has 110 valence electrons. The lowest BCUT2D eigenvalue weighted by atomic mass is 10.1. The van der Waals surface area contributed by atoms with Gasteiger partial charge in [-0.3, -0.25) is 0 Å². The third-order valence-electron chi connectivity index (χ3n) is 2.84. The van der Waals surface area contributed by atoms with Crippen molar-refractivity contribution in [2.75, 3.05) is 6.54 Å². The molecular formula is C15H16N2O4. The molecule has 0 saturated carbocycles. The van der Waals surface area contributed by atoms with Gasteiger partial charge in [0.05, 0.1) is 6.54 Å². The first-order valence-electron chi connectivity index (χ1n) is 6.53. The molecule has 0 radical (unpaired) electrons. The number of carbonyl (C=O) groups is 2. The summed E-state index contributed by atoms with van der Waals surface area (Å²) in [4.78, 5) is 22.2. The first-order chi connectivity index (χ1) is 10.1. The number of amides is 2. The minimum Gasteiger partial charge on any atom is -0.475 e. The van der Waals surface area contributed by atoms with Crippen LogP contribution in [0.5, 0.6) is 0 Å². The molecule has 1 aromatic heterocycles. The van der Waals surface area contributed by atoms with E-state index in [1.54, 1.807) is 0 Å². The molecule has 1 heterocycles. The molecule has 21 heavy (non-hydrogen) atoms. The minimum atomic E-state index is -1.13. The zero-order valence-corrected chi connectivity index (χ0v) is 11.3. The molecule has 0 atom stereocenters. The Bertz CT molecular complexity index is 607. The molecule has 0 fully saturated rings. The highest BCUT2D eigenvalue weighted by molar-refractivity contribution is 5.84. The average molecular weight is 288 g/mol. The molecule has 1 aromatic carbocycles. The Balaban J connectivity index is 1.68. The molecule has 0 spiro atoms. The number of hydrogen-bond donors (Lipinski definition) is 3. The average Bonchev–Trinajstić information content (AvgIpc) is 2.95. The van der Waals surface area contributed by atoms with E-state index in [1.807, 2.05) is 30.3 Å². The van der Waals surface area contributed by atoms with E-state index in [1.165, 1.54) is 12.1 Å². The van der Waals surface area contributed by atoms with Gasteiger partial charge in [0.1, 0.15) is 5.76 Å². The third kappa shape index (κ3) is 4.68. The van der Waals surface area contributed by atoms with Crippen molar-refractivity contribution in [3.63, 3.8) is 0 Å². The molecule has 0 aliphatic carbocycles. The van der Waals surface area contributed by atoms with Crippen molar-refractivity contribution in [2.45, 2.75) is 13.0 Å². The third-order valence-corrected chi connectivity index (χ3v) is 2.84. The Kier molecular flexibility index (Phi) is 4.98. The Morgan fingerprint density at radius 2 is 1.81 bits per heavy atom. The standard InChI is InChI=1S/C15H16N2O4/c18-14(19)13-7-6-12(21-13)10-17-15(20)16-9-8-11-4-2-1-3-5-11/h1-7H,8-10H2,(H,18,19)(H2,16,17,20). The van der Waals surface area contributed by atoms with Gasteiger partial charge in [0.15, 0.2) is 0 Å². The molecule has 2 rings (SSSR count). The molecule has 6 nitrogen and oxygen atoms in total. The Labute approximate surface area is 121 Å². The zero-order valence-electron chi connectivity index (χ0n) is 11.3. The van der Waals surface area contributed by atoms with E-state index in [0.717, 1.165) is 12.0 Å². The molecule has 0 unspecified atom stereocenters. The van der Waals surface area contributed by atoms with E-state index < -0.39 is 5.97 Å². The van der Waals surface area contributed by atoms with Gasteiger partial charge in [-0.25, -0.2) is 9.59 Å². The van der Waals surface area contributed by atoms with E-state index in [2.05, 4.69) is 10.6 Å². The van der Waals surface area contributed by atoms with E-state index in [-0.39, 0.29) is 18.3 Å². The molecule has 0 bridgehead atoms. The fraction of sp³-hybridized carbons (Fsp3) is 0.200. The fourth-order valence-electron chi connectivity index (χ4n) is 1.78. The maximum Gasteiger partial charge on any atom is 0.371 e. The van der Waals surface area contributed by atoms with Gasteiger partial charge >= 0.3 is 12.0 Å². The van der Waals surface area contributed by atoms with Crippen molar-refractivity contribution in [2.24, 2.45) is 0 Å². The van der Waals surface area contributed by atoms with Gasteiger partial charge in [-0.05, 0) is 24.1 Å². The lowest BCUT2D eigenvalue weighted by Gasteiger charge is -2.06. The highest BCUT2D eigenvalue weighted by Gasteiger charge is 2.09. The maximum absolute atomic E-state index is 11.6. The van der Waals surface area contributed by atoms with Crippen molar-refractivity contribution in [3.05, 3.63) is 59.5 Å². The topological polar surface area (TPSA) is 91.6 Å². The molecule has 0 aliphatic rings. The highest BCUT2D eigenvalue weighted by atomic mass is 16.4. The molecule has 2 aromatic rings. The number of hydrogen-bond acceptors (Lipinski definition) is 3. The van der Waals surface area contributed by atoms with Gasteiger partial charge < -0.3 is 20.2 Å². The summed E-state index contributed by atoms with van der Waals surface area (Å²) in [7, 11) is 0. The normalized spacial score (nSPS) is 10.1. The second-order valence-electron chi connectivity index (χ2n) is 4.42. The van der Waals surface area contributed by atoms with Crippen LogP contribution in [0.3, 0.4) is 0 Å². The van der Waals surface area contributed by atoms with E-state index in [4.69, 9.17) is 9.52 Å². The summed E-state index contributed by atoms with van der Waals surface area (Å²) in [5.41, 5.74) is 1.15. The predicted octanol–water partition coefficient (Wildman–Crippen LogP) is 2.02. The summed E-state index contributed by atoms with van der Waals surface area (Å²) in [5, 5.41) is 14.0. The Hall–Kier alpha value is -2.76. The van der Waals surface area contributed by atoms with Crippen LogP contribution in [0.2, 0.25) is 0 Å². The summed E-state index contributed by atoms with van der Waals surface area (Å²) in [5.74, 6) is -0.879. The number of furan rings is 1. The van der Waals surface area contributed by atoms with Crippen molar-refractivity contribution in [3.8, 4) is 0 Å². The number of benzene rings is 1. The molecule has 2 amide bonds. The Morgan fingerprint density at radius 1 is 1.05 bits per heavy atom. The van der Waals surface area contributed by atoms with Crippen LogP contribution in [0, 0.1) is 0 Å². The van der Waals surface area contributed by atoms with Crippen LogP contribution in [-0.2, 0) is 13.0 Å². The highest BCUT2D eigenvalue weighted by Crippen LogP contribution is 2.07. The smallest absolute Gasteiger partial charge is 0.371 e. The van der Waals surface area contributed by atoms with E-state index in [9.17, 15) is 9.59 Å². The fourth-order valence-corrected chi connectivity index (χ4v) is 1.78. The monoisotopic (exact) mass is 288 g/mol. The Morgan fingerprint density at radius 3 is 2.48 bits per heavy atom. The number of carboxylic acid groups (broad SMARTS) is 1. The van der Waals surface area contributed by atoms with Gasteiger partial charge in [-0.15, -0.1) is 0 Å². The molecular weight excluding hydrogens is 272 g/mol. The largest absolute Gasteiger partial charge is 0.475 e. The summed E-state index contributed by atoms with van der Waals surface area (Å²) >= 11 is 0. The van der Waals surface area contributed by atoms with Gasteiger partial charge in [0.2, 0.25) is 5.76 Å². The zero-order chi connectivity index (χ0) is 15.1. The summed E-state index contributed by atoms with van der Waals surface area (Å²) in [6.45, 7) is 0.666. The van der Waals surface area contributed by atoms with Gasteiger partial charge in [0, 0.05) is 6.54 Å². The summed E-state index contributed by atoms with van der Waals surface area (Å²) < 4.78 is 5.03. The van der Waals surface area contributed by atoms with Crippen LogP contribution in [0.1, 0.15) is 21.9 Å². The molecule has 6 heteroatoms. The number of aromatic carboxylic acids is 1. The van der Waals surface area contributed by atoms with Crippen LogP contribution in [0.25, 0.3) is 0 Å². The number of carbonyl (C=O) groups excluding carboxylic acids is 1. The molecule has 0 aliphatic heterocycles. The second kappa shape index (κ2) is 7.14. The van der Waals surface area contributed by atoms with Gasteiger partial charge in [-0.1, -0.05) is 30.3 Å². The van der Waals surface area contributed by atoms with E-state index in [0.29, 0.717) is 12.3 Å². The van der Waals surface area contributed by atoms with Crippen molar-refractivity contribution in [1.82, 2.24) is 10.6 Å². The number of nitrogens with one attached hydrogen (secondary N) is 2. The maximum atomic E-state index is 11.6. The van der Waals surface area contributed by atoms with E-state index >= 15 is 0 Å². The second-order valence-corrected chi connectivity index (χ2v) is 4.42. The van der Waals surface area contributed by atoms with Crippen molar-refractivity contribution in [1.29, 1.82) is 0 Å². The summed E-state index contributed by atoms with van der Waals surface area (Å²) in [6.07, 6.45) is 0.748. The first-order valence-corrected chi connectivity index (χ1v) is 6.53. The minimum absolute atomic E-state index is 0.142. The van der Waals surface area contributed by atoms with Crippen LogP contribution < -0.4 is 10.6 Å². The van der Waals surface area contributed by atoms with Crippen molar-refractivity contribution >= 4 is 12.0 Å². The van der Waals surface area contributed by atoms with Gasteiger partial charge in [0.25, 0.3) is 0 Å². The van der Waals surface area contributed by atoms with Crippen molar-refractivity contribution < 1.29 is 19.1 Å². The number of carboxylic acids is 1. The molecule has 0 saturated heterocycles. The number of rotatable bonds is 6. The summed E-state index contributed by atoms with van der Waals surface area (Å²) in [6, 6.07) is 12.4. The van der Waals surface area contributed by atoms with Crippen LogP contribution in [0.4, 0.5) is 4.79 Å². The van der Waals surface area contributed by atoms with Crippen LogP contribution >= 0.6 is 0 Å². The number of urea groups is 1. The van der Waals surface area contributed by atoms with Crippen LogP contribution in [-0.4, -0.2) is 23.7 Å². The predicted molar refractivity (Wildman–Crippen MR) is 76.1 cm³/mol. The first kappa shape index (κ1) is 14.6. The lowest BCUT2D eigenvalue weighted by Crippen LogP contribution is -2.36. The SMILES string of the molecule is O=C(NCCc1ccccc1)NCc1ccc(C(=O)O)o1. The molecule has 3 N–H and O–H groups in total. The van der Waals surface area contributed by atoms with Gasteiger partial charge in [-0.2, -0.15) is 0 Å².